The van der Waals surface area contributed by atoms with E-state index in [0.717, 1.165) is 87.2 Å². The lowest BCUT2D eigenvalue weighted by Gasteiger charge is -2.34. The molecule has 3 heterocycles. The molecule has 0 aliphatic carbocycles. The first-order chi connectivity index (χ1) is 18.5. The van der Waals surface area contributed by atoms with Crippen molar-refractivity contribution in [1.29, 1.82) is 0 Å². The fraction of sp³-hybridized carbons (Fsp3) is 0.567. The second kappa shape index (κ2) is 12.2. The molecule has 3 aliphatic rings. The normalized spacial score (nSPS) is 19.4. The van der Waals surface area contributed by atoms with Crippen molar-refractivity contribution in [3.8, 4) is 11.5 Å². The number of benzene rings is 2. The molecule has 5 rings (SSSR count). The molecule has 3 aliphatic heterocycles. The third-order valence-corrected chi connectivity index (χ3v) is 8.11. The lowest BCUT2D eigenvalue weighted by molar-refractivity contribution is -0.130. The van der Waals surface area contributed by atoms with Gasteiger partial charge in [-0.2, -0.15) is 0 Å². The molecule has 0 radical (unpaired) electrons. The highest BCUT2D eigenvalue weighted by molar-refractivity contribution is 6.07. The van der Waals surface area contributed by atoms with E-state index in [-0.39, 0.29) is 17.9 Å². The standard InChI is InChI=1S/C30H40N4O4/c1-22(35)33-14-12-32(13-15-33)10-6-4-3-5-7-16-38-29-20-24-18-27-26(17-23(24)19-28(29)37-2)30(36)34-11-8-9-25(34)21-31-27/h17-21,25H,3-16H2,1-2H3/t25-/m0/s1. The molecule has 8 nitrogen and oxygen atoms in total. The van der Waals surface area contributed by atoms with Crippen molar-refractivity contribution in [3.63, 3.8) is 0 Å². The average molecular weight is 521 g/mol. The van der Waals surface area contributed by atoms with Gasteiger partial charge < -0.3 is 19.3 Å². The van der Waals surface area contributed by atoms with Crippen LogP contribution in [0.3, 0.4) is 0 Å². The zero-order valence-electron chi connectivity index (χ0n) is 22.8. The van der Waals surface area contributed by atoms with Crippen LogP contribution in [0.25, 0.3) is 10.8 Å². The van der Waals surface area contributed by atoms with Crippen LogP contribution in [-0.2, 0) is 4.79 Å². The van der Waals surface area contributed by atoms with Crippen LogP contribution >= 0.6 is 0 Å². The van der Waals surface area contributed by atoms with Crippen LogP contribution in [0.1, 0.15) is 62.2 Å². The van der Waals surface area contributed by atoms with Gasteiger partial charge in [0.25, 0.3) is 5.91 Å². The Morgan fingerprint density at radius 1 is 0.947 bits per heavy atom. The number of methoxy groups -OCH3 is 1. The molecule has 2 aromatic carbocycles. The van der Waals surface area contributed by atoms with E-state index in [2.05, 4.69) is 9.89 Å². The fourth-order valence-corrected chi connectivity index (χ4v) is 5.80. The van der Waals surface area contributed by atoms with Crippen LogP contribution < -0.4 is 9.47 Å². The Balaban J connectivity index is 1.09. The van der Waals surface area contributed by atoms with Crippen molar-refractivity contribution in [1.82, 2.24) is 14.7 Å². The van der Waals surface area contributed by atoms with Crippen LogP contribution in [0.4, 0.5) is 5.69 Å². The number of piperazine rings is 1. The number of carbonyl (C=O) groups is 2. The molecule has 1 atom stereocenters. The van der Waals surface area contributed by atoms with Crippen LogP contribution in [-0.4, -0.2) is 91.8 Å². The molecule has 8 heteroatoms. The Morgan fingerprint density at radius 2 is 1.68 bits per heavy atom. The molecule has 2 amide bonds. The van der Waals surface area contributed by atoms with Crippen molar-refractivity contribution in [2.45, 2.75) is 57.9 Å². The predicted molar refractivity (Wildman–Crippen MR) is 150 cm³/mol. The second-order valence-electron chi connectivity index (χ2n) is 10.7. The molecule has 204 valence electrons. The molecular formula is C30H40N4O4. The highest BCUT2D eigenvalue weighted by Crippen LogP contribution is 2.37. The summed E-state index contributed by atoms with van der Waals surface area (Å²) in [6.07, 6.45) is 9.69. The highest BCUT2D eigenvalue weighted by atomic mass is 16.5. The Morgan fingerprint density at radius 3 is 2.47 bits per heavy atom. The van der Waals surface area contributed by atoms with Crippen LogP contribution in [0.15, 0.2) is 29.3 Å². The van der Waals surface area contributed by atoms with E-state index in [1.165, 1.54) is 19.3 Å². The highest BCUT2D eigenvalue weighted by Gasteiger charge is 2.31. The topological polar surface area (TPSA) is 74.7 Å². The van der Waals surface area contributed by atoms with Crippen molar-refractivity contribution in [3.05, 3.63) is 29.8 Å². The van der Waals surface area contributed by atoms with E-state index in [1.807, 2.05) is 40.3 Å². The zero-order chi connectivity index (χ0) is 26.5. The second-order valence-corrected chi connectivity index (χ2v) is 10.7. The third-order valence-electron chi connectivity index (χ3n) is 8.11. The number of rotatable bonds is 10. The molecule has 0 N–H and O–H groups in total. The van der Waals surface area contributed by atoms with Gasteiger partial charge in [-0.05, 0) is 67.3 Å². The van der Waals surface area contributed by atoms with Crippen molar-refractivity contribution in [2.24, 2.45) is 4.99 Å². The summed E-state index contributed by atoms with van der Waals surface area (Å²) in [5.74, 6) is 1.67. The summed E-state index contributed by atoms with van der Waals surface area (Å²) < 4.78 is 11.8. The number of ether oxygens (including phenoxy) is 2. The van der Waals surface area contributed by atoms with E-state index in [4.69, 9.17) is 9.47 Å². The monoisotopic (exact) mass is 520 g/mol. The van der Waals surface area contributed by atoms with Gasteiger partial charge in [-0.3, -0.25) is 19.5 Å². The third kappa shape index (κ3) is 5.96. The van der Waals surface area contributed by atoms with Crippen molar-refractivity contribution in [2.75, 3.05) is 53.0 Å². The van der Waals surface area contributed by atoms with E-state index in [9.17, 15) is 9.59 Å². The summed E-state index contributed by atoms with van der Waals surface area (Å²) in [6, 6.07) is 8.01. The van der Waals surface area contributed by atoms with Gasteiger partial charge in [0.1, 0.15) is 0 Å². The van der Waals surface area contributed by atoms with E-state index in [0.29, 0.717) is 17.9 Å². The van der Waals surface area contributed by atoms with E-state index in [1.54, 1.807) is 14.0 Å². The molecule has 2 fully saturated rings. The molecule has 2 saturated heterocycles. The summed E-state index contributed by atoms with van der Waals surface area (Å²) in [7, 11) is 1.65. The fourth-order valence-electron chi connectivity index (χ4n) is 5.80. The summed E-state index contributed by atoms with van der Waals surface area (Å²) in [4.78, 5) is 35.6. The molecule has 0 aromatic heterocycles. The lowest BCUT2D eigenvalue weighted by Crippen LogP contribution is -2.48. The molecular weight excluding hydrogens is 480 g/mol. The summed E-state index contributed by atoms with van der Waals surface area (Å²) in [6.45, 7) is 7.92. The molecule has 0 unspecified atom stereocenters. The van der Waals surface area contributed by atoms with E-state index >= 15 is 0 Å². The first kappa shape index (κ1) is 26.5. The minimum atomic E-state index is 0.0664. The summed E-state index contributed by atoms with van der Waals surface area (Å²) in [5, 5.41) is 1.95. The first-order valence-corrected chi connectivity index (χ1v) is 14.1. The first-order valence-electron chi connectivity index (χ1n) is 14.1. The number of hydrogen-bond acceptors (Lipinski definition) is 6. The molecule has 0 spiro atoms. The van der Waals surface area contributed by atoms with Crippen molar-refractivity contribution >= 4 is 34.5 Å². The average Bonchev–Trinajstić information content (AvgIpc) is 3.36. The Hall–Kier alpha value is -3.13. The van der Waals surface area contributed by atoms with E-state index < -0.39 is 0 Å². The number of nitrogens with zero attached hydrogens (tertiary/aromatic N) is 4. The van der Waals surface area contributed by atoms with Gasteiger partial charge in [0.05, 0.1) is 31.0 Å². The quantitative estimate of drug-likeness (QED) is 0.426. The number of fused-ring (bicyclic) bond motifs is 3. The minimum absolute atomic E-state index is 0.0664. The summed E-state index contributed by atoms with van der Waals surface area (Å²) in [5.41, 5.74) is 1.39. The minimum Gasteiger partial charge on any atom is -0.493 e. The Kier molecular flexibility index (Phi) is 8.47. The van der Waals surface area contributed by atoms with Gasteiger partial charge in [0, 0.05) is 45.9 Å². The van der Waals surface area contributed by atoms with Crippen LogP contribution in [0, 0.1) is 0 Å². The number of unbranched alkanes of at least 4 members (excludes halogenated alkanes) is 4. The maximum Gasteiger partial charge on any atom is 0.256 e. The van der Waals surface area contributed by atoms with Gasteiger partial charge in [-0.25, -0.2) is 0 Å². The van der Waals surface area contributed by atoms with Gasteiger partial charge in [-0.1, -0.05) is 19.3 Å². The van der Waals surface area contributed by atoms with Crippen LogP contribution in [0.2, 0.25) is 0 Å². The number of amides is 2. The number of hydrogen-bond donors (Lipinski definition) is 0. The van der Waals surface area contributed by atoms with Crippen LogP contribution in [0.5, 0.6) is 11.5 Å². The Bertz CT molecular complexity index is 1190. The smallest absolute Gasteiger partial charge is 0.256 e. The van der Waals surface area contributed by atoms with Crippen molar-refractivity contribution < 1.29 is 19.1 Å². The van der Waals surface area contributed by atoms with Gasteiger partial charge in [0.15, 0.2) is 11.5 Å². The molecule has 0 saturated carbocycles. The predicted octanol–water partition coefficient (Wildman–Crippen LogP) is 4.66. The molecule has 2 aromatic rings. The summed E-state index contributed by atoms with van der Waals surface area (Å²) >= 11 is 0. The maximum absolute atomic E-state index is 13.1. The Labute approximate surface area is 225 Å². The van der Waals surface area contributed by atoms with Gasteiger partial charge >= 0.3 is 0 Å². The molecule has 38 heavy (non-hydrogen) atoms. The maximum atomic E-state index is 13.1. The lowest BCUT2D eigenvalue weighted by atomic mass is 10.0. The van der Waals surface area contributed by atoms with Gasteiger partial charge in [-0.15, -0.1) is 0 Å². The molecule has 0 bridgehead atoms. The van der Waals surface area contributed by atoms with Gasteiger partial charge in [0.2, 0.25) is 5.91 Å². The number of aliphatic imine (C=N–C) groups is 1. The largest absolute Gasteiger partial charge is 0.493 e. The number of carbonyl (C=O) groups excluding carboxylic acids is 2. The zero-order valence-corrected chi connectivity index (χ0v) is 22.8. The SMILES string of the molecule is COc1cc2cc3c(cc2cc1OCCCCCCCN1CCN(C(C)=O)CC1)N=C[C@@H]1CCCN1C3=O.